The number of nitriles is 1. The fraction of sp³-hybridized carbons (Fsp3) is 0.455. The average Bonchev–Trinajstić information content (AvgIpc) is 3.37. The monoisotopic (exact) mass is 574 g/mol. The molecule has 4 N–H and O–H groups in total. The van der Waals surface area contributed by atoms with Crippen LogP contribution in [0.1, 0.15) is 46.2 Å². The first kappa shape index (κ1) is 31.3. The van der Waals surface area contributed by atoms with Gasteiger partial charge in [-0.05, 0) is 72.0 Å². The van der Waals surface area contributed by atoms with Gasteiger partial charge in [0.1, 0.15) is 23.9 Å². The number of benzene rings is 2. The molecule has 1 unspecified atom stereocenters. The number of nitrogens with one attached hydrogen (secondary N) is 1. The quantitative estimate of drug-likeness (QED) is 0.213. The number of hydrogen-bond donors (Lipinski definition) is 4. The fourth-order valence-corrected chi connectivity index (χ4v) is 5.64. The number of aliphatic hydroxyl groups is 3. The Hall–Kier alpha value is -3.68. The van der Waals surface area contributed by atoms with E-state index in [0.29, 0.717) is 5.57 Å². The number of ether oxygens (including phenoxy) is 1. The van der Waals surface area contributed by atoms with Gasteiger partial charge in [-0.2, -0.15) is 5.26 Å². The Kier molecular flexibility index (Phi) is 10.1. The van der Waals surface area contributed by atoms with E-state index >= 15 is 0 Å². The molecule has 224 valence electrons. The van der Waals surface area contributed by atoms with Crippen molar-refractivity contribution in [2.24, 2.45) is 13.0 Å². The number of rotatable bonds is 10. The summed E-state index contributed by atoms with van der Waals surface area (Å²) in [6.45, 7) is 9.56. The van der Waals surface area contributed by atoms with E-state index in [1.807, 2.05) is 29.8 Å². The van der Waals surface area contributed by atoms with Crippen molar-refractivity contribution in [1.29, 1.82) is 5.26 Å². The zero-order valence-electron chi connectivity index (χ0n) is 25.0. The van der Waals surface area contributed by atoms with E-state index in [9.17, 15) is 25.4 Å². The van der Waals surface area contributed by atoms with Crippen molar-refractivity contribution in [3.8, 4) is 17.3 Å². The van der Waals surface area contributed by atoms with Crippen molar-refractivity contribution >= 4 is 27.9 Å². The van der Waals surface area contributed by atoms with Crippen LogP contribution in [0.5, 0.6) is 0 Å². The van der Waals surface area contributed by atoms with E-state index in [4.69, 9.17) is 4.74 Å². The van der Waals surface area contributed by atoms with Gasteiger partial charge >= 0.3 is 0 Å². The van der Waals surface area contributed by atoms with Crippen LogP contribution < -0.4 is 10.2 Å². The number of carbonyl (C=O) groups excluding carboxylic acids is 1. The Morgan fingerprint density at radius 2 is 1.69 bits per heavy atom. The zero-order valence-corrected chi connectivity index (χ0v) is 25.0. The minimum Gasteiger partial charge on any atom is -0.390 e. The van der Waals surface area contributed by atoms with Crippen LogP contribution in [0.4, 0.5) is 5.69 Å². The van der Waals surface area contributed by atoms with Gasteiger partial charge in [-0.1, -0.05) is 39.0 Å². The van der Waals surface area contributed by atoms with Gasteiger partial charge in [-0.3, -0.25) is 4.79 Å². The lowest BCUT2D eigenvalue weighted by Gasteiger charge is -2.39. The molecule has 0 spiro atoms. The third-order valence-corrected chi connectivity index (χ3v) is 8.19. The molecule has 1 aromatic heterocycles. The van der Waals surface area contributed by atoms with E-state index < -0.39 is 36.4 Å². The first-order chi connectivity index (χ1) is 20.1. The van der Waals surface area contributed by atoms with Crippen molar-refractivity contribution in [2.75, 3.05) is 24.5 Å². The normalized spacial score (nSPS) is 22.9. The Morgan fingerprint density at radius 3 is 2.36 bits per heavy atom. The summed E-state index contributed by atoms with van der Waals surface area (Å²) in [7, 11) is 1.90. The van der Waals surface area contributed by atoms with E-state index in [1.54, 1.807) is 13.8 Å². The van der Waals surface area contributed by atoms with Gasteiger partial charge in [0.05, 0.1) is 6.10 Å². The predicted octanol–water partition coefficient (Wildman–Crippen LogP) is 3.96. The van der Waals surface area contributed by atoms with Crippen molar-refractivity contribution in [3.05, 3.63) is 59.8 Å². The van der Waals surface area contributed by atoms with E-state index in [0.717, 1.165) is 48.3 Å². The SMILES string of the molecule is CCCN(CCC)c1ccc2cc(-c3ccc(/C(C)=C(\C#N)C(=O)NC[C@H]4OC(O)[C@H](C)[C@@H](O)[C@@H]4O)n3C)ccc2c1. The molecule has 1 amide bonds. The number of amides is 1. The highest BCUT2D eigenvalue weighted by atomic mass is 16.6. The number of hydrogen-bond acceptors (Lipinski definition) is 7. The molecule has 42 heavy (non-hydrogen) atoms. The number of aromatic nitrogens is 1. The Balaban J connectivity index is 1.54. The van der Waals surface area contributed by atoms with Crippen LogP contribution in [0.25, 0.3) is 27.6 Å². The molecule has 2 heterocycles. The van der Waals surface area contributed by atoms with Crippen molar-refractivity contribution in [1.82, 2.24) is 9.88 Å². The second-order valence-electron chi connectivity index (χ2n) is 11.1. The molecule has 1 aliphatic heterocycles. The van der Waals surface area contributed by atoms with E-state index in [2.05, 4.69) is 60.5 Å². The minimum atomic E-state index is -1.28. The minimum absolute atomic E-state index is 0.0720. The van der Waals surface area contributed by atoms with Crippen molar-refractivity contribution in [2.45, 2.75) is 65.1 Å². The van der Waals surface area contributed by atoms with Crippen LogP contribution in [0.15, 0.2) is 54.1 Å². The number of carbonyl (C=O) groups is 1. The molecule has 1 aliphatic rings. The molecular formula is C33H42N4O5. The number of anilines is 1. The van der Waals surface area contributed by atoms with Gasteiger partial charge in [0, 0.05) is 49.7 Å². The molecule has 1 fully saturated rings. The summed E-state index contributed by atoms with van der Waals surface area (Å²) < 4.78 is 7.32. The molecule has 0 aliphatic carbocycles. The molecule has 2 aromatic carbocycles. The van der Waals surface area contributed by atoms with E-state index in [-0.39, 0.29) is 12.1 Å². The summed E-state index contributed by atoms with van der Waals surface area (Å²) >= 11 is 0. The number of aliphatic hydroxyl groups excluding tert-OH is 3. The molecule has 0 bridgehead atoms. The summed E-state index contributed by atoms with van der Waals surface area (Å²) in [6, 6.07) is 18.8. The largest absolute Gasteiger partial charge is 0.390 e. The highest BCUT2D eigenvalue weighted by Gasteiger charge is 2.41. The van der Waals surface area contributed by atoms with Crippen LogP contribution in [0.3, 0.4) is 0 Å². The predicted molar refractivity (Wildman–Crippen MR) is 164 cm³/mol. The average molecular weight is 575 g/mol. The topological polar surface area (TPSA) is 131 Å². The third kappa shape index (κ3) is 6.37. The maximum Gasteiger partial charge on any atom is 0.262 e. The molecule has 3 aromatic rings. The van der Waals surface area contributed by atoms with Crippen molar-refractivity contribution in [3.63, 3.8) is 0 Å². The molecule has 0 radical (unpaired) electrons. The van der Waals surface area contributed by atoms with Gasteiger partial charge in [-0.25, -0.2) is 0 Å². The Labute approximate surface area is 247 Å². The summed E-state index contributed by atoms with van der Waals surface area (Å²) in [5.74, 6) is -1.30. The van der Waals surface area contributed by atoms with Crippen LogP contribution in [-0.2, 0) is 16.6 Å². The number of nitrogens with zero attached hydrogens (tertiary/aromatic N) is 3. The number of fused-ring (bicyclic) bond motifs is 1. The van der Waals surface area contributed by atoms with Crippen LogP contribution in [0.2, 0.25) is 0 Å². The second kappa shape index (κ2) is 13.5. The standard InChI is InChI=1S/C33H42N4O5/c1-6-14-37(15-7-2)25-11-10-22-16-24(9-8-23(22)17-25)28-13-12-27(36(28)5)20(3)26(18-34)32(40)35-19-29-31(39)30(38)21(4)33(41)42-29/h8-13,16-17,21,29-31,33,38-39,41H,6-7,14-15,19H2,1-5H3,(H,35,40)/b26-20+/t21-,29-,30-,31-,33?/m1/s1. The summed E-state index contributed by atoms with van der Waals surface area (Å²) in [6.07, 6.45) is -2.56. The molecule has 9 heteroatoms. The highest BCUT2D eigenvalue weighted by Crippen LogP contribution is 2.31. The lowest BCUT2D eigenvalue weighted by molar-refractivity contribution is -0.258. The fourth-order valence-electron chi connectivity index (χ4n) is 5.64. The smallest absolute Gasteiger partial charge is 0.262 e. The van der Waals surface area contributed by atoms with Gasteiger partial charge in [0.2, 0.25) is 0 Å². The molecule has 4 rings (SSSR count). The first-order valence-electron chi connectivity index (χ1n) is 14.6. The molecule has 0 saturated carbocycles. The lowest BCUT2D eigenvalue weighted by Crippen LogP contribution is -2.56. The third-order valence-electron chi connectivity index (χ3n) is 8.19. The zero-order chi connectivity index (χ0) is 30.6. The van der Waals surface area contributed by atoms with Crippen LogP contribution in [-0.4, -0.2) is 70.0 Å². The summed E-state index contributed by atoms with van der Waals surface area (Å²) in [5.41, 5.74) is 4.35. The molecule has 1 saturated heterocycles. The highest BCUT2D eigenvalue weighted by molar-refractivity contribution is 6.04. The van der Waals surface area contributed by atoms with Crippen LogP contribution in [0, 0.1) is 17.2 Å². The number of allylic oxidation sites excluding steroid dienone is 1. The van der Waals surface area contributed by atoms with Crippen molar-refractivity contribution < 1.29 is 24.9 Å². The van der Waals surface area contributed by atoms with Gasteiger partial charge in [-0.15, -0.1) is 0 Å². The lowest BCUT2D eigenvalue weighted by atomic mass is 9.92. The second-order valence-corrected chi connectivity index (χ2v) is 11.1. The maximum absolute atomic E-state index is 13.0. The van der Waals surface area contributed by atoms with Gasteiger partial charge < -0.3 is 34.8 Å². The van der Waals surface area contributed by atoms with Gasteiger partial charge in [0.15, 0.2) is 6.29 Å². The maximum atomic E-state index is 13.0. The first-order valence-corrected chi connectivity index (χ1v) is 14.6. The molecule has 9 nitrogen and oxygen atoms in total. The Morgan fingerprint density at radius 1 is 1.02 bits per heavy atom. The molecular weight excluding hydrogens is 532 g/mol. The van der Waals surface area contributed by atoms with E-state index in [1.165, 1.54) is 11.1 Å². The Bertz CT molecular complexity index is 1480. The molecule has 5 atom stereocenters. The van der Waals surface area contributed by atoms with Gasteiger partial charge in [0.25, 0.3) is 5.91 Å². The summed E-state index contributed by atoms with van der Waals surface area (Å²) in [4.78, 5) is 15.4. The van der Waals surface area contributed by atoms with Crippen LogP contribution >= 0.6 is 0 Å². The summed E-state index contributed by atoms with van der Waals surface area (Å²) in [5, 5.41) is 45.2.